The number of rotatable bonds is 6. The normalized spacial score (nSPS) is 20.3. The van der Waals surface area contributed by atoms with E-state index in [1.165, 1.54) is 0 Å². The maximum absolute atomic E-state index is 12.5. The molecule has 1 aliphatic rings. The van der Waals surface area contributed by atoms with Gasteiger partial charge in [0.05, 0.1) is 24.1 Å². The third-order valence-corrected chi connectivity index (χ3v) is 5.98. The number of sulfonamides is 1. The molecule has 1 aromatic heterocycles. The van der Waals surface area contributed by atoms with E-state index in [-0.39, 0.29) is 18.4 Å². The van der Waals surface area contributed by atoms with Crippen molar-refractivity contribution in [2.75, 3.05) is 25.5 Å². The summed E-state index contributed by atoms with van der Waals surface area (Å²) in [5.41, 5.74) is 3.03. The standard InChI is InChI=1S/C14H25N3O3S/c1-5-20-9-10-21(18,19)17-8-6-7-13(17)14-11(2)15-16(4)12(14)3/h13H,5-10H2,1-4H3. The van der Waals surface area contributed by atoms with Crippen LogP contribution in [0, 0.1) is 13.8 Å². The fourth-order valence-corrected chi connectivity index (χ4v) is 4.63. The predicted octanol–water partition coefficient (Wildman–Crippen LogP) is 1.54. The molecule has 120 valence electrons. The van der Waals surface area contributed by atoms with Gasteiger partial charge in [-0.25, -0.2) is 8.42 Å². The molecule has 7 heteroatoms. The fraction of sp³-hybridized carbons (Fsp3) is 0.786. The highest BCUT2D eigenvalue weighted by molar-refractivity contribution is 7.89. The van der Waals surface area contributed by atoms with Crippen LogP contribution in [0.1, 0.15) is 42.8 Å². The molecule has 6 nitrogen and oxygen atoms in total. The van der Waals surface area contributed by atoms with Gasteiger partial charge in [0.15, 0.2) is 0 Å². The van der Waals surface area contributed by atoms with E-state index >= 15 is 0 Å². The van der Waals surface area contributed by atoms with E-state index < -0.39 is 10.0 Å². The highest BCUT2D eigenvalue weighted by Crippen LogP contribution is 2.37. The number of aryl methyl sites for hydroxylation is 2. The van der Waals surface area contributed by atoms with Gasteiger partial charge < -0.3 is 4.74 Å². The molecule has 0 bridgehead atoms. The van der Waals surface area contributed by atoms with Gasteiger partial charge in [-0.1, -0.05) is 0 Å². The van der Waals surface area contributed by atoms with Crippen molar-refractivity contribution in [3.05, 3.63) is 17.0 Å². The average molecular weight is 315 g/mol. The second-order valence-electron chi connectivity index (χ2n) is 5.49. The molecular weight excluding hydrogens is 290 g/mol. The molecule has 1 fully saturated rings. The number of aromatic nitrogens is 2. The van der Waals surface area contributed by atoms with E-state index in [0.717, 1.165) is 29.8 Å². The van der Waals surface area contributed by atoms with Crippen LogP contribution in [0.4, 0.5) is 0 Å². The molecule has 2 heterocycles. The molecule has 21 heavy (non-hydrogen) atoms. The Bertz CT molecular complexity index is 595. The van der Waals surface area contributed by atoms with Gasteiger partial charge in [-0.3, -0.25) is 4.68 Å². The molecule has 0 N–H and O–H groups in total. The van der Waals surface area contributed by atoms with Crippen molar-refractivity contribution in [1.29, 1.82) is 0 Å². The number of hydrogen-bond donors (Lipinski definition) is 0. The number of nitrogens with zero attached hydrogens (tertiary/aromatic N) is 3. The van der Waals surface area contributed by atoms with Gasteiger partial charge in [0.1, 0.15) is 0 Å². The summed E-state index contributed by atoms with van der Waals surface area (Å²) in [5, 5.41) is 4.42. The molecule has 0 saturated carbocycles. The monoisotopic (exact) mass is 315 g/mol. The molecule has 0 spiro atoms. The van der Waals surface area contributed by atoms with Gasteiger partial charge in [0.25, 0.3) is 0 Å². The maximum Gasteiger partial charge on any atom is 0.216 e. The van der Waals surface area contributed by atoms with Crippen LogP contribution in [-0.2, 0) is 21.8 Å². The summed E-state index contributed by atoms with van der Waals surface area (Å²) >= 11 is 0. The van der Waals surface area contributed by atoms with Crippen molar-refractivity contribution in [1.82, 2.24) is 14.1 Å². The molecule has 0 radical (unpaired) electrons. The van der Waals surface area contributed by atoms with Crippen molar-refractivity contribution in [2.24, 2.45) is 7.05 Å². The predicted molar refractivity (Wildman–Crippen MR) is 81.6 cm³/mol. The lowest BCUT2D eigenvalue weighted by Gasteiger charge is -2.24. The zero-order valence-corrected chi connectivity index (χ0v) is 14.1. The van der Waals surface area contributed by atoms with Crippen LogP contribution in [0.3, 0.4) is 0 Å². The van der Waals surface area contributed by atoms with Crippen molar-refractivity contribution < 1.29 is 13.2 Å². The molecule has 1 atom stereocenters. The first-order chi connectivity index (χ1) is 9.88. The SMILES string of the molecule is CCOCCS(=O)(=O)N1CCCC1c1c(C)nn(C)c1C. The molecule has 0 aliphatic carbocycles. The van der Waals surface area contributed by atoms with Crippen LogP contribution in [0.5, 0.6) is 0 Å². The topological polar surface area (TPSA) is 64.4 Å². The summed E-state index contributed by atoms with van der Waals surface area (Å²) in [6, 6.07) is -0.0784. The van der Waals surface area contributed by atoms with Crippen LogP contribution < -0.4 is 0 Å². The van der Waals surface area contributed by atoms with Gasteiger partial charge in [-0.15, -0.1) is 0 Å². The third kappa shape index (κ3) is 3.30. The van der Waals surface area contributed by atoms with Crippen molar-refractivity contribution >= 4 is 10.0 Å². The first kappa shape index (κ1) is 16.5. The van der Waals surface area contributed by atoms with E-state index in [9.17, 15) is 8.42 Å². The Balaban J connectivity index is 2.24. The summed E-state index contributed by atoms with van der Waals surface area (Å²) in [5.74, 6) is 0.0513. The van der Waals surface area contributed by atoms with Gasteiger partial charge in [-0.2, -0.15) is 9.40 Å². The van der Waals surface area contributed by atoms with Crippen molar-refractivity contribution in [3.63, 3.8) is 0 Å². The van der Waals surface area contributed by atoms with Crippen LogP contribution in [-0.4, -0.2) is 48.0 Å². The van der Waals surface area contributed by atoms with Gasteiger partial charge in [0.2, 0.25) is 10.0 Å². The third-order valence-electron chi connectivity index (χ3n) is 4.15. The minimum atomic E-state index is -3.28. The Hall–Kier alpha value is -0.920. The second-order valence-corrected chi connectivity index (χ2v) is 7.53. The Morgan fingerprint density at radius 1 is 1.38 bits per heavy atom. The highest BCUT2D eigenvalue weighted by Gasteiger charge is 2.37. The van der Waals surface area contributed by atoms with E-state index in [2.05, 4.69) is 5.10 Å². The molecule has 2 rings (SSSR count). The van der Waals surface area contributed by atoms with Crippen molar-refractivity contribution in [2.45, 2.75) is 39.7 Å². The summed E-state index contributed by atoms with van der Waals surface area (Å²) in [7, 11) is -1.38. The van der Waals surface area contributed by atoms with E-state index in [4.69, 9.17) is 4.74 Å². The van der Waals surface area contributed by atoms with Crippen LogP contribution in [0.15, 0.2) is 0 Å². The Kier molecular flexibility index (Phi) is 5.06. The van der Waals surface area contributed by atoms with Gasteiger partial charge >= 0.3 is 0 Å². The summed E-state index contributed by atoms with van der Waals surface area (Å²) < 4.78 is 33.7. The lowest BCUT2D eigenvalue weighted by atomic mass is 10.0. The van der Waals surface area contributed by atoms with E-state index in [1.54, 1.807) is 4.31 Å². The lowest BCUT2D eigenvalue weighted by molar-refractivity contribution is 0.162. The molecule has 1 saturated heterocycles. The Labute approximate surface area is 127 Å². The number of hydrogen-bond acceptors (Lipinski definition) is 4. The van der Waals surface area contributed by atoms with Crippen molar-refractivity contribution in [3.8, 4) is 0 Å². The van der Waals surface area contributed by atoms with E-state index in [1.807, 2.05) is 32.5 Å². The minimum Gasteiger partial charge on any atom is -0.381 e. The Morgan fingerprint density at radius 2 is 2.10 bits per heavy atom. The first-order valence-corrected chi connectivity index (χ1v) is 9.06. The zero-order valence-electron chi connectivity index (χ0n) is 13.3. The molecule has 0 amide bonds. The quantitative estimate of drug-likeness (QED) is 0.747. The average Bonchev–Trinajstić information content (AvgIpc) is 2.96. The van der Waals surface area contributed by atoms with Crippen LogP contribution in [0.25, 0.3) is 0 Å². The molecule has 1 unspecified atom stereocenters. The summed E-state index contributed by atoms with van der Waals surface area (Å²) in [4.78, 5) is 0. The van der Waals surface area contributed by atoms with Gasteiger partial charge in [0, 0.05) is 31.5 Å². The highest BCUT2D eigenvalue weighted by atomic mass is 32.2. The molecule has 1 aliphatic heterocycles. The summed E-state index contributed by atoms with van der Waals surface area (Å²) in [6.45, 7) is 7.21. The number of ether oxygens (including phenoxy) is 1. The maximum atomic E-state index is 12.5. The lowest BCUT2D eigenvalue weighted by Crippen LogP contribution is -2.34. The molecule has 1 aromatic rings. The minimum absolute atomic E-state index is 0.0513. The van der Waals surface area contributed by atoms with E-state index in [0.29, 0.717) is 13.2 Å². The smallest absolute Gasteiger partial charge is 0.216 e. The fourth-order valence-electron chi connectivity index (χ4n) is 3.06. The zero-order chi connectivity index (χ0) is 15.6. The molecule has 0 aromatic carbocycles. The largest absolute Gasteiger partial charge is 0.381 e. The first-order valence-electron chi connectivity index (χ1n) is 7.45. The second kappa shape index (κ2) is 6.46. The Morgan fingerprint density at radius 3 is 2.67 bits per heavy atom. The summed E-state index contributed by atoms with van der Waals surface area (Å²) in [6.07, 6.45) is 1.76. The molecular formula is C14H25N3O3S. The van der Waals surface area contributed by atoms with Crippen LogP contribution >= 0.6 is 0 Å². The van der Waals surface area contributed by atoms with Gasteiger partial charge in [-0.05, 0) is 33.6 Å². The van der Waals surface area contributed by atoms with Crippen LogP contribution in [0.2, 0.25) is 0 Å².